The Morgan fingerprint density at radius 2 is 1.96 bits per heavy atom. The molecular formula is C19H27N5O2. The Kier molecular flexibility index (Phi) is 4.54. The molecule has 140 valence electrons. The summed E-state index contributed by atoms with van der Waals surface area (Å²) in [6.45, 7) is 5.72. The highest BCUT2D eigenvalue weighted by molar-refractivity contribution is 5.96. The Bertz CT molecular complexity index is 716. The van der Waals surface area contributed by atoms with Crippen LogP contribution in [0.25, 0.3) is 0 Å². The summed E-state index contributed by atoms with van der Waals surface area (Å²) in [4.78, 5) is 38.4. The second-order valence-electron chi connectivity index (χ2n) is 7.83. The lowest BCUT2D eigenvalue weighted by atomic mass is 9.79. The minimum absolute atomic E-state index is 0.0528. The first-order valence-electron chi connectivity index (χ1n) is 9.75. The lowest BCUT2D eigenvalue weighted by Gasteiger charge is -2.32. The molecule has 3 saturated heterocycles. The van der Waals surface area contributed by atoms with Crippen molar-refractivity contribution in [2.45, 2.75) is 45.4 Å². The van der Waals surface area contributed by atoms with Crippen LogP contribution in [-0.4, -0.2) is 59.4 Å². The van der Waals surface area contributed by atoms with E-state index in [0.717, 1.165) is 50.5 Å². The van der Waals surface area contributed by atoms with E-state index in [0.29, 0.717) is 18.7 Å². The van der Waals surface area contributed by atoms with Gasteiger partial charge in [-0.1, -0.05) is 0 Å². The molecular weight excluding hydrogens is 330 g/mol. The van der Waals surface area contributed by atoms with E-state index < -0.39 is 5.41 Å². The Labute approximate surface area is 154 Å². The van der Waals surface area contributed by atoms with Crippen LogP contribution >= 0.6 is 0 Å². The fourth-order valence-electron chi connectivity index (χ4n) is 4.45. The molecule has 3 aliphatic heterocycles. The molecule has 1 aromatic heterocycles. The Hall–Kier alpha value is -2.18. The number of nitrogens with zero attached hydrogens (tertiary/aromatic N) is 4. The number of rotatable bonds is 2. The Morgan fingerprint density at radius 1 is 1.15 bits per heavy atom. The molecule has 1 N–H and O–H groups in total. The van der Waals surface area contributed by atoms with Crippen molar-refractivity contribution in [1.82, 2.24) is 20.2 Å². The molecule has 1 atom stereocenters. The van der Waals surface area contributed by atoms with Crippen LogP contribution < -0.4 is 10.2 Å². The zero-order chi connectivity index (χ0) is 18.1. The van der Waals surface area contributed by atoms with Crippen molar-refractivity contribution in [2.75, 3.05) is 37.6 Å². The van der Waals surface area contributed by atoms with E-state index in [1.165, 1.54) is 19.3 Å². The summed E-state index contributed by atoms with van der Waals surface area (Å²) in [5.74, 6) is 0.777. The summed E-state index contributed by atoms with van der Waals surface area (Å²) in [5.41, 5.74) is 0.884. The van der Waals surface area contributed by atoms with E-state index in [1.807, 2.05) is 6.92 Å². The van der Waals surface area contributed by atoms with Crippen LogP contribution in [0.2, 0.25) is 0 Å². The van der Waals surface area contributed by atoms with Crippen molar-refractivity contribution in [1.29, 1.82) is 0 Å². The molecule has 7 nitrogen and oxygen atoms in total. The van der Waals surface area contributed by atoms with Crippen molar-refractivity contribution >= 4 is 17.8 Å². The molecule has 3 aliphatic rings. The smallest absolute Gasteiger partial charge is 0.257 e. The molecule has 2 amide bonds. The molecule has 0 bridgehead atoms. The molecule has 0 aliphatic carbocycles. The molecule has 4 rings (SSSR count). The zero-order valence-corrected chi connectivity index (χ0v) is 15.5. The molecule has 0 saturated carbocycles. The highest BCUT2D eigenvalue weighted by Crippen LogP contribution is 2.38. The van der Waals surface area contributed by atoms with Gasteiger partial charge in [-0.2, -0.15) is 0 Å². The van der Waals surface area contributed by atoms with Crippen molar-refractivity contribution in [2.24, 2.45) is 5.41 Å². The number of hydrogen-bond donors (Lipinski definition) is 1. The first-order chi connectivity index (χ1) is 12.6. The molecule has 0 aromatic carbocycles. The van der Waals surface area contributed by atoms with Crippen LogP contribution in [0.15, 0.2) is 6.20 Å². The largest absolute Gasteiger partial charge is 0.356 e. The predicted octanol–water partition coefficient (Wildman–Crippen LogP) is 1.52. The Balaban J connectivity index is 1.49. The SMILES string of the molecule is Cc1nc(N2CCCCC2)ncc1C(=O)N1CCC2(CCCNC2=O)C1. The van der Waals surface area contributed by atoms with Gasteiger partial charge in [0, 0.05) is 38.9 Å². The fourth-order valence-corrected chi connectivity index (χ4v) is 4.45. The highest BCUT2D eigenvalue weighted by atomic mass is 16.2. The zero-order valence-electron chi connectivity index (χ0n) is 15.5. The van der Waals surface area contributed by atoms with Gasteiger partial charge >= 0.3 is 0 Å². The van der Waals surface area contributed by atoms with Gasteiger partial charge in [0.15, 0.2) is 0 Å². The second kappa shape index (κ2) is 6.85. The van der Waals surface area contributed by atoms with E-state index in [1.54, 1.807) is 11.1 Å². The van der Waals surface area contributed by atoms with E-state index in [9.17, 15) is 9.59 Å². The van der Waals surface area contributed by atoms with Gasteiger partial charge in [-0.25, -0.2) is 9.97 Å². The Morgan fingerprint density at radius 3 is 2.69 bits per heavy atom. The van der Waals surface area contributed by atoms with Crippen LogP contribution in [0.1, 0.15) is 54.6 Å². The topological polar surface area (TPSA) is 78.4 Å². The molecule has 1 aromatic rings. The number of piperidine rings is 2. The van der Waals surface area contributed by atoms with E-state index in [-0.39, 0.29) is 11.8 Å². The number of aryl methyl sites for hydroxylation is 1. The predicted molar refractivity (Wildman–Crippen MR) is 98.0 cm³/mol. The average molecular weight is 357 g/mol. The van der Waals surface area contributed by atoms with Crippen LogP contribution in [0.5, 0.6) is 0 Å². The van der Waals surface area contributed by atoms with E-state index in [4.69, 9.17) is 0 Å². The monoisotopic (exact) mass is 357 g/mol. The number of hydrogen-bond acceptors (Lipinski definition) is 5. The van der Waals surface area contributed by atoms with Crippen LogP contribution in [-0.2, 0) is 4.79 Å². The van der Waals surface area contributed by atoms with Gasteiger partial charge in [-0.15, -0.1) is 0 Å². The van der Waals surface area contributed by atoms with Gasteiger partial charge < -0.3 is 15.1 Å². The molecule has 1 unspecified atom stereocenters. The van der Waals surface area contributed by atoms with Gasteiger partial charge in [-0.3, -0.25) is 9.59 Å². The lowest BCUT2D eigenvalue weighted by Crippen LogP contribution is -2.47. The van der Waals surface area contributed by atoms with E-state index in [2.05, 4.69) is 20.2 Å². The summed E-state index contributed by atoms with van der Waals surface area (Å²) >= 11 is 0. The number of nitrogens with one attached hydrogen (secondary N) is 1. The number of amides is 2. The van der Waals surface area contributed by atoms with Crippen molar-refractivity contribution in [3.05, 3.63) is 17.5 Å². The number of anilines is 1. The average Bonchev–Trinajstić information content (AvgIpc) is 3.09. The third kappa shape index (κ3) is 3.04. The second-order valence-corrected chi connectivity index (χ2v) is 7.83. The quantitative estimate of drug-likeness (QED) is 0.868. The van der Waals surface area contributed by atoms with Crippen molar-refractivity contribution in [3.63, 3.8) is 0 Å². The number of carbonyl (C=O) groups excluding carboxylic acids is 2. The van der Waals surface area contributed by atoms with Crippen LogP contribution in [0.4, 0.5) is 5.95 Å². The fraction of sp³-hybridized carbons (Fsp3) is 0.684. The van der Waals surface area contributed by atoms with E-state index >= 15 is 0 Å². The molecule has 4 heterocycles. The molecule has 0 radical (unpaired) electrons. The minimum Gasteiger partial charge on any atom is -0.356 e. The number of likely N-dealkylation sites (tertiary alicyclic amines) is 1. The van der Waals surface area contributed by atoms with Crippen molar-refractivity contribution in [3.8, 4) is 0 Å². The van der Waals surface area contributed by atoms with Gasteiger partial charge in [0.05, 0.1) is 16.7 Å². The first kappa shape index (κ1) is 17.2. The standard InChI is InChI=1S/C19H27N5O2/c1-14-15(12-21-18(22-14)23-9-3-2-4-10-23)16(25)24-11-7-19(13-24)6-5-8-20-17(19)26/h12H,2-11,13H2,1H3,(H,20,26). The van der Waals surface area contributed by atoms with Gasteiger partial charge in [0.2, 0.25) is 11.9 Å². The minimum atomic E-state index is -0.392. The third-order valence-corrected chi connectivity index (χ3v) is 6.08. The van der Waals surface area contributed by atoms with Crippen LogP contribution in [0.3, 0.4) is 0 Å². The van der Waals surface area contributed by atoms with Crippen LogP contribution in [0, 0.1) is 12.3 Å². The molecule has 3 fully saturated rings. The van der Waals surface area contributed by atoms with Gasteiger partial charge in [-0.05, 0) is 45.4 Å². The van der Waals surface area contributed by atoms with Crippen molar-refractivity contribution < 1.29 is 9.59 Å². The highest BCUT2D eigenvalue weighted by Gasteiger charge is 2.47. The third-order valence-electron chi connectivity index (χ3n) is 6.08. The maximum Gasteiger partial charge on any atom is 0.257 e. The molecule has 1 spiro atoms. The number of aromatic nitrogens is 2. The maximum atomic E-state index is 13.0. The maximum absolute atomic E-state index is 13.0. The lowest BCUT2D eigenvalue weighted by molar-refractivity contribution is -0.132. The first-order valence-corrected chi connectivity index (χ1v) is 9.75. The normalized spacial score (nSPS) is 26.3. The summed E-state index contributed by atoms with van der Waals surface area (Å²) in [6, 6.07) is 0. The van der Waals surface area contributed by atoms with Gasteiger partial charge in [0.25, 0.3) is 5.91 Å². The molecule has 7 heteroatoms. The van der Waals surface area contributed by atoms with Gasteiger partial charge in [0.1, 0.15) is 0 Å². The number of carbonyl (C=O) groups is 2. The summed E-state index contributed by atoms with van der Waals surface area (Å²) in [6.07, 6.45) is 7.86. The summed E-state index contributed by atoms with van der Waals surface area (Å²) < 4.78 is 0. The molecule has 26 heavy (non-hydrogen) atoms. The summed E-state index contributed by atoms with van der Waals surface area (Å²) in [5, 5.41) is 2.96. The summed E-state index contributed by atoms with van der Waals surface area (Å²) in [7, 11) is 0.